The molecule has 1 aliphatic carbocycles. The second kappa shape index (κ2) is 6.16. The lowest BCUT2D eigenvalue weighted by atomic mass is 10.0. The molecule has 1 aromatic carbocycles. The summed E-state index contributed by atoms with van der Waals surface area (Å²) in [5.74, 6) is -2.98. The molecule has 7 heteroatoms. The average Bonchev–Trinajstić information content (AvgIpc) is 3.39. The van der Waals surface area contributed by atoms with Gasteiger partial charge in [-0.05, 0) is 31.9 Å². The number of benzene rings is 1. The molecular weight excluding hydrogens is 329 g/mol. The van der Waals surface area contributed by atoms with Crippen LogP contribution in [0.4, 0.5) is 4.39 Å². The van der Waals surface area contributed by atoms with Gasteiger partial charge in [0.25, 0.3) is 0 Å². The van der Waals surface area contributed by atoms with E-state index >= 15 is 0 Å². The zero-order valence-corrected chi connectivity index (χ0v) is 13.5. The number of rotatable bonds is 5. The van der Waals surface area contributed by atoms with Gasteiger partial charge >= 0.3 is 11.9 Å². The molecule has 2 aromatic rings. The van der Waals surface area contributed by atoms with Gasteiger partial charge in [0.05, 0.1) is 17.7 Å². The zero-order valence-electron chi connectivity index (χ0n) is 13.5. The van der Waals surface area contributed by atoms with Crippen LogP contribution in [0, 0.1) is 5.82 Å². The first kappa shape index (κ1) is 16.9. The molecule has 1 aromatic heterocycles. The van der Waals surface area contributed by atoms with Gasteiger partial charge in [0.2, 0.25) is 5.43 Å². The number of esters is 1. The average molecular weight is 345 g/mol. The van der Waals surface area contributed by atoms with E-state index in [0.29, 0.717) is 5.52 Å². The summed E-state index contributed by atoms with van der Waals surface area (Å²) < 4.78 is 21.0. The van der Waals surface area contributed by atoms with E-state index in [-0.39, 0.29) is 29.2 Å². The third-order valence-corrected chi connectivity index (χ3v) is 4.14. The van der Waals surface area contributed by atoms with E-state index < -0.39 is 28.8 Å². The number of hydrogen-bond acceptors (Lipinski definition) is 4. The number of carboxylic acid groups (broad SMARTS) is 1. The van der Waals surface area contributed by atoms with Crippen LogP contribution in [0.25, 0.3) is 16.5 Å². The van der Waals surface area contributed by atoms with Crippen molar-refractivity contribution in [1.29, 1.82) is 0 Å². The van der Waals surface area contributed by atoms with E-state index in [0.717, 1.165) is 18.9 Å². The number of carbonyl (C=O) groups is 2. The lowest BCUT2D eigenvalue weighted by molar-refractivity contribution is -0.130. The van der Waals surface area contributed by atoms with Gasteiger partial charge in [0.1, 0.15) is 11.4 Å². The molecule has 1 heterocycles. The molecule has 25 heavy (non-hydrogen) atoms. The Morgan fingerprint density at radius 2 is 2.04 bits per heavy atom. The number of aromatic nitrogens is 1. The first-order valence-electron chi connectivity index (χ1n) is 7.83. The van der Waals surface area contributed by atoms with E-state index in [2.05, 4.69) is 6.58 Å². The molecule has 0 amide bonds. The monoisotopic (exact) mass is 345 g/mol. The van der Waals surface area contributed by atoms with Crippen molar-refractivity contribution in [3.8, 4) is 0 Å². The highest BCUT2D eigenvalue weighted by Gasteiger charge is 2.28. The summed E-state index contributed by atoms with van der Waals surface area (Å²) in [5.41, 5.74) is -1.01. The Morgan fingerprint density at radius 3 is 2.60 bits per heavy atom. The number of pyridine rings is 1. The van der Waals surface area contributed by atoms with Crippen LogP contribution in [0.1, 0.15) is 41.7 Å². The Labute approximate surface area is 142 Å². The van der Waals surface area contributed by atoms with Crippen molar-refractivity contribution in [3.05, 3.63) is 52.1 Å². The number of carbonyl (C=O) groups excluding carboxylic acids is 1. The molecular formula is C18H16FNO5. The maximum Gasteiger partial charge on any atom is 0.343 e. The third kappa shape index (κ3) is 2.93. The molecule has 1 saturated carbocycles. The van der Waals surface area contributed by atoms with E-state index in [9.17, 15) is 18.8 Å². The van der Waals surface area contributed by atoms with E-state index in [1.807, 2.05) is 0 Å². The maximum atomic E-state index is 14.4. The fourth-order valence-corrected chi connectivity index (χ4v) is 2.73. The Bertz CT molecular complexity index is 972. The molecule has 0 spiro atoms. The van der Waals surface area contributed by atoms with Gasteiger partial charge in [-0.3, -0.25) is 4.79 Å². The van der Waals surface area contributed by atoms with Crippen LogP contribution in [0.5, 0.6) is 0 Å². The van der Waals surface area contributed by atoms with Crippen LogP contribution >= 0.6 is 0 Å². The van der Waals surface area contributed by atoms with Crippen molar-refractivity contribution < 1.29 is 23.8 Å². The van der Waals surface area contributed by atoms with Crippen LogP contribution in [-0.2, 0) is 9.53 Å². The first-order chi connectivity index (χ1) is 11.8. The fourth-order valence-electron chi connectivity index (χ4n) is 2.73. The molecule has 0 radical (unpaired) electrons. The molecule has 1 fully saturated rings. The van der Waals surface area contributed by atoms with Crippen LogP contribution in [-0.4, -0.2) is 28.2 Å². The van der Waals surface area contributed by atoms with Crippen molar-refractivity contribution in [1.82, 2.24) is 4.57 Å². The Kier molecular flexibility index (Phi) is 4.16. The normalized spacial score (nSPS) is 13.7. The van der Waals surface area contributed by atoms with Gasteiger partial charge in [-0.2, -0.15) is 0 Å². The standard InChI is InChI=1S/C18H16FNO5/c1-3-25-18(24)13-8-20(10-4-5-10)15-7-11(9(2)17(22)23)14(19)6-12(15)16(13)21/h6-8,10H,2-5H2,1H3,(H,22,23). The predicted molar refractivity (Wildman–Crippen MR) is 89.1 cm³/mol. The van der Waals surface area contributed by atoms with Gasteiger partial charge in [-0.1, -0.05) is 6.58 Å². The third-order valence-electron chi connectivity index (χ3n) is 4.14. The smallest absolute Gasteiger partial charge is 0.343 e. The minimum absolute atomic E-state index is 0.0110. The summed E-state index contributed by atoms with van der Waals surface area (Å²) in [5, 5.41) is 9.07. The highest BCUT2D eigenvalue weighted by molar-refractivity contribution is 6.15. The van der Waals surface area contributed by atoms with Crippen molar-refractivity contribution in [2.24, 2.45) is 0 Å². The number of carboxylic acids is 1. The highest BCUT2D eigenvalue weighted by atomic mass is 19.1. The Morgan fingerprint density at radius 1 is 1.36 bits per heavy atom. The SMILES string of the molecule is C=C(C(=O)O)c1cc2c(cc1F)c(=O)c(C(=O)OCC)cn2C1CC1. The molecule has 3 rings (SSSR count). The molecule has 1 N–H and O–H groups in total. The largest absolute Gasteiger partial charge is 0.478 e. The summed E-state index contributed by atoms with van der Waals surface area (Å²) >= 11 is 0. The minimum Gasteiger partial charge on any atom is -0.478 e. The predicted octanol–water partition coefficient (Wildman–Crippen LogP) is 2.75. The van der Waals surface area contributed by atoms with E-state index in [1.165, 1.54) is 12.3 Å². The number of aliphatic carboxylic acids is 1. The van der Waals surface area contributed by atoms with Gasteiger partial charge in [-0.25, -0.2) is 14.0 Å². The molecule has 0 saturated heterocycles. The van der Waals surface area contributed by atoms with Crippen molar-refractivity contribution in [2.45, 2.75) is 25.8 Å². The topological polar surface area (TPSA) is 85.6 Å². The van der Waals surface area contributed by atoms with Gasteiger partial charge < -0.3 is 14.4 Å². The van der Waals surface area contributed by atoms with Crippen molar-refractivity contribution >= 4 is 28.4 Å². The summed E-state index contributed by atoms with van der Waals surface area (Å²) in [6, 6.07) is 2.34. The van der Waals surface area contributed by atoms with Gasteiger partial charge in [-0.15, -0.1) is 0 Å². The highest BCUT2D eigenvalue weighted by Crippen LogP contribution is 2.37. The Hall–Kier alpha value is -2.96. The second-order valence-corrected chi connectivity index (χ2v) is 5.86. The summed E-state index contributed by atoms with van der Waals surface area (Å²) in [7, 11) is 0. The minimum atomic E-state index is -1.35. The molecule has 130 valence electrons. The molecule has 0 bridgehead atoms. The molecule has 0 unspecified atom stereocenters. The molecule has 6 nitrogen and oxygen atoms in total. The lowest BCUT2D eigenvalue weighted by Gasteiger charge is -2.14. The van der Waals surface area contributed by atoms with E-state index in [1.54, 1.807) is 11.5 Å². The van der Waals surface area contributed by atoms with E-state index in [4.69, 9.17) is 9.84 Å². The summed E-state index contributed by atoms with van der Waals surface area (Å²) in [4.78, 5) is 35.7. The molecule has 0 aliphatic heterocycles. The number of nitrogens with zero attached hydrogens (tertiary/aromatic N) is 1. The lowest BCUT2D eigenvalue weighted by Crippen LogP contribution is -2.21. The zero-order chi connectivity index (χ0) is 18.3. The van der Waals surface area contributed by atoms with Crippen LogP contribution in [0.2, 0.25) is 0 Å². The number of halogens is 1. The summed E-state index contributed by atoms with van der Waals surface area (Å²) in [6.07, 6.45) is 3.12. The maximum absolute atomic E-state index is 14.4. The van der Waals surface area contributed by atoms with Gasteiger partial charge in [0.15, 0.2) is 0 Å². The second-order valence-electron chi connectivity index (χ2n) is 5.86. The van der Waals surface area contributed by atoms with Gasteiger partial charge in [0, 0.05) is 23.2 Å². The quantitative estimate of drug-likeness (QED) is 0.665. The van der Waals surface area contributed by atoms with Crippen LogP contribution in [0.15, 0.2) is 29.7 Å². The van der Waals surface area contributed by atoms with Crippen molar-refractivity contribution in [2.75, 3.05) is 6.61 Å². The summed E-state index contributed by atoms with van der Waals surface area (Å²) in [6.45, 7) is 5.12. The van der Waals surface area contributed by atoms with Crippen LogP contribution < -0.4 is 5.43 Å². The molecule has 0 atom stereocenters. The fraction of sp³-hybridized carbons (Fsp3) is 0.278. The first-order valence-corrected chi connectivity index (χ1v) is 7.83. The molecule has 1 aliphatic rings. The van der Waals surface area contributed by atoms with Crippen LogP contribution in [0.3, 0.4) is 0 Å². The number of hydrogen-bond donors (Lipinski definition) is 1. The van der Waals surface area contributed by atoms with Crippen molar-refractivity contribution in [3.63, 3.8) is 0 Å². The Balaban J connectivity index is 2.31. The number of fused-ring (bicyclic) bond motifs is 1. The number of ether oxygens (including phenoxy) is 1.